The number of anilines is 1. The first kappa shape index (κ1) is 15.5. The van der Waals surface area contributed by atoms with Gasteiger partial charge in [-0.25, -0.2) is 0 Å². The highest BCUT2D eigenvalue weighted by atomic mass is 16.5. The van der Waals surface area contributed by atoms with Gasteiger partial charge in [0.1, 0.15) is 11.6 Å². The fraction of sp³-hybridized carbons (Fsp3) is 0.105. The normalized spacial score (nSPS) is 10.0. The van der Waals surface area contributed by atoms with Gasteiger partial charge in [0.2, 0.25) is 0 Å². The minimum Gasteiger partial charge on any atom is -0.496 e. The van der Waals surface area contributed by atoms with Gasteiger partial charge in [-0.1, -0.05) is 30.3 Å². The molecule has 0 aliphatic rings. The Morgan fingerprint density at radius 1 is 1.08 bits per heavy atom. The fourth-order valence-corrected chi connectivity index (χ4v) is 2.41. The second kappa shape index (κ2) is 7.25. The van der Waals surface area contributed by atoms with Gasteiger partial charge in [-0.05, 0) is 29.8 Å². The SMILES string of the molecule is COc1ccccc1CNc1cc(-c2cccc(C#N)c2)cnn1. The second-order valence-corrected chi connectivity index (χ2v) is 5.19. The maximum absolute atomic E-state index is 9.02. The van der Waals surface area contributed by atoms with Crippen molar-refractivity contribution in [3.05, 3.63) is 71.9 Å². The molecule has 1 aromatic heterocycles. The number of rotatable bonds is 5. The minimum atomic E-state index is 0.584. The molecule has 0 fully saturated rings. The molecule has 0 unspecified atom stereocenters. The van der Waals surface area contributed by atoms with E-state index in [-0.39, 0.29) is 0 Å². The van der Waals surface area contributed by atoms with E-state index in [4.69, 9.17) is 10.00 Å². The van der Waals surface area contributed by atoms with Gasteiger partial charge in [0, 0.05) is 17.7 Å². The second-order valence-electron chi connectivity index (χ2n) is 5.19. The highest BCUT2D eigenvalue weighted by Crippen LogP contribution is 2.22. The van der Waals surface area contributed by atoms with Crippen molar-refractivity contribution >= 4 is 5.82 Å². The summed E-state index contributed by atoms with van der Waals surface area (Å²) in [5.41, 5.74) is 3.50. The van der Waals surface area contributed by atoms with Crippen LogP contribution in [0.15, 0.2) is 60.8 Å². The molecular weight excluding hydrogens is 300 g/mol. The Kier molecular flexibility index (Phi) is 4.68. The third kappa shape index (κ3) is 3.50. The smallest absolute Gasteiger partial charge is 0.149 e. The van der Waals surface area contributed by atoms with Crippen LogP contribution in [-0.2, 0) is 6.54 Å². The van der Waals surface area contributed by atoms with Crippen molar-refractivity contribution < 1.29 is 4.74 Å². The van der Waals surface area contributed by atoms with Crippen molar-refractivity contribution in [3.63, 3.8) is 0 Å². The molecule has 3 rings (SSSR count). The lowest BCUT2D eigenvalue weighted by atomic mass is 10.1. The standard InChI is InChI=1S/C19H16N4O/c1-24-18-8-3-2-6-16(18)12-21-19-10-17(13-22-23-19)15-7-4-5-14(9-15)11-20/h2-10,13H,12H2,1H3,(H,21,23). The lowest BCUT2D eigenvalue weighted by Crippen LogP contribution is -2.04. The van der Waals surface area contributed by atoms with Crippen molar-refractivity contribution in [2.45, 2.75) is 6.54 Å². The molecule has 1 heterocycles. The van der Waals surface area contributed by atoms with Gasteiger partial charge in [-0.3, -0.25) is 0 Å². The van der Waals surface area contributed by atoms with Gasteiger partial charge in [-0.2, -0.15) is 10.4 Å². The van der Waals surface area contributed by atoms with Crippen LogP contribution in [0.5, 0.6) is 5.75 Å². The summed E-state index contributed by atoms with van der Waals surface area (Å²) < 4.78 is 5.35. The number of hydrogen-bond donors (Lipinski definition) is 1. The quantitative estimate of drug-likeness (QED) is 0.778. The lowest BCUT2D eigenvalue weighted by Gasteiger charge is -2.10. The number of para-hydroxylation sites is 1. The number of nitrogens with one attached hydrogen (secondary N) is 1. The number of hydrogen-bond acceptors (Lipinski definition) is 5. The minimum absolute atomic E-state index is 0.584. The van der Waals surface area contributed by atoms with E-state index in [1.807, 2.05) is 48.5 Å². The average molecular weight is 316 g/mol. The number of nitrogens with zero attached hydrogens (tertiary/aromatic N) is 3. The van der Waals surface area contributed by atoms with Crippen LogP contribution in [0.4, 0.5) is 5.82 Å². The van der Waals surface area contributed by atoms with Gasteiger partial charge in [-0.15, -0.1) is 5.10 Å². The summed E-state index contributed by atoms with van der Waals surface area (Å²) in [6.07, 6.45) is 1.69. The lowest BCUT2D eigenvalue weighted by molar-refractivity contribution is 0.410. The van der Waals surface area contributed by atoms with E-state index in [0.717, 1.165) is 22.4 Å². The molecule has 0 aliphatic carbocycles. The summed E-state index contributed by atoms with van der Waals surface area (Å²) in [7, 11) is 1.65. The van der Waals surface area contributed by atoms with E-state index in [1.165, 1.54) is 0 Å². The summed E-state index contributed by atoms with van der Waals surface area (Å²) in [6.45, 7) is 0.584. The average Bonchev–Trinajstić information content (AvgIpc) is 2.67. The van der Waals surface area contributed by atoms with Crippen LogP contribution in [0, 0.1) is 11.3 Å². The Morgan fingerprint density at radius 3 is 2.79 bits per heavy atom. The molecule has 0 saturated carbocycles. The van der Waals surface area contributed by atoms with Crippen molar-refractivity contribution in [2.24, 2.45) is 0 Å². The molecule has 1 N–H and O–H groups in total. The van der Waals surface area contributed by atoms with Gasteiger partial charge >= 0.3 is 0 Å². The Labute approximate surface area is 140 Å². The summed E-state index contributed by atoms with van der Waals surface area (Å²) in [6, 6.07) is 19.3. The number of methoxy groups -OCH3 is 1. The van der Waals surface area contributed by atoms with Crippen LogP contribution >= 0.6 is 0 Å². The highest BCUT2D eigenvalue weighted by molar-refractivity contribution is 5.66. The largest absolute Gasteiger partial charge is 0.496 e. The van der Waals surface area contributed by atoms with Crippen LogP contribution in [0.2, 0.25) is 0 Å². The van der Waals surface area contributed by atoms with Crippen molar-refractivity contribution in [1.82, 2.24) is 10.2 Å². The Morgan fingerprint density at radius 2 is 1.96 bits per heavy atom. The van der Waals surface area contributed by atoms with Gasteiger partial charge < -0.3 is 10.1 Å². The first-order chi connectivity index (χ1) is 11.8. The molecule has 5 nitrogen and oxygen atoms in total. The first-order valence-corrected chi connectivity index (χ1v) is 7.49. The summed E-state index contributed by atoms with van der Waals surface area (Å²) in [5.74, 6) is 1.50. The first-order valence-electron chi connectivity index (χ1n) is 7.49. The third-order valence-electron chi connectivity index (χ3n) is 3.63. The molecule has 0 atom stereocenters. The van der Waals surface area contributed by atoms with Gasteiger partial charge in [0.25, 0.3) is 0 Å². The van der Waals surface area contributed by atoms with E-state index in [2.05, 4.69) is 21.6 Å². The fourth-order valence-electron chi connectivity index (χ4n) is 2.41. The van der Waals surface area contributed by atoms with Crippen molar-refractivity contribution in [2.75, 3.05) is 12.4 Å². The van der Waals surface area contributed by atoms with E-state index in [0.29, 0.717) is 17.9 Å². The number of benzene rings is 2. The summed E-state index contributed by atoms with van der Waals surface area (Å²) >= 11 is 0. The molecule has 0 amide bonds. The summed E-state index contributed by atoms with van der Waals surface area (Å²) in [5, 5.41) is 20.4. The zero-order valence-corrected chi connectivity index (χ0v) is 13.2. The third-order valence-corrected chi connectivity index (χ3v) is 3.63. The zero-order valence-electron chi connectivity index (χ0n) is 13.2. The molecule has 3 aromatic rings. The highest BCUT2D eigenvalue weighted by Gasteiger charge is 2.05. The van der Waals surface area contributed by atoms with Crippen molar-refractivity contribution in [3.8, 4) is 22.9 Å². The molecule has 0 radical (unpaired) electrons. The molecule has 0 spiro atoms. The number of ether oxygens (including phenoxy) is 1. The molecule has 2 aromatic carbocycles. The van der Waals surface area contributed by atoms with Crippen LogP contribution in [0.3, 0.4) is 0 Å². The maximum Gasteiger partial charge on any atom is 0.149 e. The van der Waals surface area contributed by atoms with Crippen LogP contribution in [0.25, 0.3) is 11.1 Å². The summed E-state index contributed by atoms with van der Waals surface area (Å²) in [4.78, 5) is 0. The van der Waals surface area contributed by atoms with E-state index in [1.54, 1.807) is 19.4 Å². The molecule has 5 heteroatoms. The Hall–Kier alpha value is -3.39. The van der Waals surface area contributed by atoms with E-state index in [9.17, 15) is 0 Å². The molecular formula is C19H16N4O. The van der Waals surface area contributed by atoms with Gasteiger partial charge in [0.15, 0.2) is 0 Å². The number of aromatic nitrogens is 2. The number of nitriles is 1. The zero-order chi connectivity index (χ0) is 16.8. The topological polar surface area (TPSA) is 70.8 Å². The van der Waals surface area contributed by atoms with Crippen molar-refractivity contribution in [1.29, 1.82) is 5.26 Å². The molecule has 24 heavy (non-hydrogen) atoms. The molecule has 0 saturated heterocycles. The van der Waals surface area contributed by atoms with Crippen LogP contribution in [-0.4, -0.2) is 17.3 Å². The molecule has 118 valence electrons. The van der Waals surface area contributed by atoms with E-state index < -0.39 is 0 Å². The Bertz CT molecular complexity index is 886. The van der Waals surface area contributed by atoms with E-state index >= 15 is 0 Å². The Balaban J connectivity index is 1.79. The van der Waals surface area contributed by atoms with Crippen LogP contribution in [0.1, 0.15) is 11.1 Å². The maximum atomic E-state index is 9.02. The molecule has 0 aliphatic heterocycles. The van der Waals surface area contributed by atoms with Crippen LogP contribution < -0.4 is 10.1 Å². The van der Waals surface area contributed by atoms with Gasteiger partial charge in [0.05, 0.1) is 24.9 Å². The molecule has 0 bridgehead atoms. The predicted octanol–water partition coefficient (Wildman–Crippen LogP) is 3.64. The monoisotopic (exact) mass is 316 g/mol. The predicted molar refractivity (Wildman–Crippen MR) is 92.5 cm³/mol.